The van der Waals surface area contributed by atoms with Crippen molar-refractivity contribution in [2.45, 2.75) is 0 Å². The number of nitrogens with zero attached hydrogens (tertiary/aromatic N) is 5. The van der Waals surface area contributed by atoms with Gasteiger partial charge in [-0.15, -0.1) is 0 Å². The Morgan fingerprint density at radius 1 is 0.661 bits per heavy atom. The van der Waals surface area contributed by atoms with Gasteiger partial charge >= 0.3 is 6.85 Å². The first kappa shape index (κ1) is 24.7. The summed E-state index contributed by atoms with van der Waals surface area (Å²) in [4.78, 5) is 7.23. The number of benzene rings is 7. The number of para-hydroxylation sites is 4. The van der Waals surface area contributed by atoms with Gasteiger partial charge in [0, 0.05) is 23.0 Å². The molecule has 276 valence electrons. The van der Waals surface area contributed by atoms with E-state index in [-0.39, 0.29) is 34.8 Å². The van der Waals surface area contributed by atoms with Gasteiger partial charge < -0.3 is 9.55 Å². The van der Waals surface area contributed by atoms with E-state index in [9.17, 15) is 0 Å². The molecular weight excluding hydrogens is 721 g/mol. The van der Waals surface area contributed by atoms with Crippen molar-refractivity contribution in [3.63, 3.8) is 0 Å². The molecule has 0 bridgehead atoms. The van der Waals surface area contributed by atoms with E-state index in [1.807, 2.05) is 79.0 Å². The van der Waals surface area contributed by atoms with E-state index >= 15 is 0 Å². The molecule has 2 aliphatic heterocycles. The van der Waals surface area contributed by atoms with Crippen LogP contribution in [0.2, 0.25) is 0 Å². The van der Waals surface area contributed by atoms with Crippen LogP contribution < -0.4 is 19.6 Å². The number of hydrogen-bond donors (Lipinski definition) is 0. The van der Waals surface area contributed by atoms with Crippen molar-refractivity contribution >= 4 is 50.8 Å². The van der Waals surface area contributed by atoms with Gasteiger partial charge in [0.1, 0.15) is 17.3 Å². The highest BCUT2D eigenvalue weighted by atomic mass is 16.5. The zero-order valence-electron chi connectivity index (χ0n) is 41.1. The van der Waals surface area contributed by atoms with E-state index in [1.54, 1.807) is 27.3 Å². The number of pyridine rings is 1. The fraction of sp³-hybridized carbons (Fsp3) is 0. The summed E-state index contributed by atoms with van der Waals surface area (Å²) in [5.41, 5.74) is 6.19. The normalized spacial score (nSPS) is 15.3. The molecule has 0 saturated carbocycles. The van der Waals surface area contributed by atoms with Crippen LogP contribution in [0.3, 0.4) is 0 Å². The van der Waals surface area contributed by atoms with E-state index in [2.05, 4.69) is 64.3 Å². The maximum absolute atomic E-state index is 9.01. The maximum atomic E-state index is 9.01. The first-order chi connectivity index (χ1) is 33.4. The minimum absolute atomic E-state index is 0.0396. The standard InChI is InChI=1S/C52H34BN5O/c1-3-15-36(16-4-1)41-21-12-22-42(37-17-5-2-6-18-37)50(41)56-35-55(46-25-7-8-26-47(46)56)38-19-11-20-39(33-38)59-40-28-29-43-44-23-13-27-48-51(44)58(49(43)34-40)52-45(24-14-31-54-52)53-30-9-10-32-57(48)53/h1-34H/i1D,2D,3D,4D,5D,6D,15D,16D,17D,18D. The summed E-state index contributed by atoms with van der Waals surface area (Å²) in [6, 6.07) is 30.9. The summed E-state index contributed by atoms with van der Waals surface area (Å²) in [6.45, 7) is -0.0396. The smallest absolute Gasteiger partial charge is 0.323 e. The molecule has 10 aromatic rings. The average Bonchev–Trinajstić information content (AvgIpc) is 3.88. The molecule has 2 aliphatic rings. The third kappa shape index (κ3) is 5.29. The van der Waals surface area contributed by atoms with Crippen LogP contribution in [-0.4, -0.2) is 21.0 Å². The molecule has 0 radical (unpaired) electrons. The lowest BCUT2D eigenvalue weighted by Crippen LogP contribution is -2.46. The van der Waals surface area contributed by atoms with Crippen molar-refractivity contribution in [1.29, 1.82) is 0 Å². The first-order valence-electron chi connectivity index (χ1n) is 24.1. The van der Waals surface area contributed by atoms with Crippen LogP contribution in [0.1, 0.15) is 13.7 Å². The maximum Gasteiger partial charge on any atom is 0.323 e. The lowest BCUT2D eigenvalue weighted by Gasteiger charge is -2.27. The Morgan fingerprint density at radius 2 is 1.42 bits per heavy atom. The third-order valence-corrected chi connectivity index (χ3v) is 11.0. The van der Waals surface area contributed by atoms with Crippen LogP contribution in [0.5, 0.6) is 11.5 Å². The van der Waals surface area contributed by atoms with Crippen molar-refractivity contribution in [1.82, 2.24) is 14.1 Å². The minimum atomic E-state index is -0.565. The van der Waals surface area contributed by atoms with E-state index in [0.717, 1.165) is 38.8 Å². The predicted molar refractivity (Wildman–Crippen MR) is 239 cm³/mol. The van der Waals surface area contributed by atoms with Crippen molar-refractivity contribution in [3.05, 3.63) is 213 Å². The molecule has 7 aromatic carbocycles. The molecule has 0 amide bonds. The van der Waals surface area contributed by atoms with Gasteiger partial charge in [-0.2, -0.15) is 0 Å². The van der Waals surface area contributed by atoms with Gasteiger partial charge in [-0.05, 0) is 82.5 Å². The van der Waals surface area contributed by atoms with Gasteiger partial charge in [-0.3, -0.25) is 13.7 Å². The minimum Gasteiger partial charge on any atom is -0.458 e. The Labute approximate surface area is 355 Å². The topological polar surface area (TPSA) is 39.1 Å². The molecule has 0 atom stereocenters. The van der Waals surface area contributed by atoms with Crippen LogP contribution in [0, 0.1) is 6.33 Å². The lowest BCUT2D eigenvalue weighted by atomic mass is 9.53. The Bertz CT molecular complexity index is 3800. The number of ether oxygens (including phenoxy) is 1. The summed E-state index contributed by atoms with van der Waals surface area (Å²) in [5, 5.41) is 2.13. The molecule has 6 nitrogen and oxygen atoms in total. The number of imidazole rings is 1. The van der Waals surface area contributed by atoms with E-state index in [4.69, 9.17) is 23.4 Å². The molecule has 5 heterocycles. The van der Waals surface area contributed by atoms with Crippen LogP contribution in [0.25, 0.3) is 72.3 Å². The van der Waals surface area contributed by atoms with Crippen LogP contribution in [-0.2, 0) is 0 Å². The zero-order valence-corrected chi connectivity index (χ0v) is 31.1. The number of aromatic nitrogens is 4. The van der Waals surface area contributed by atoms with Gasteiger partial charge in [0.05, 0.1) is 52.8 Å². The number of hydrogen-bond acceptors (Lipinski definition) is 3. The second-order valence-corrected chi connectivity index (χ2v) is 14.2. The molecule has 59 heavy (non-hydrogen) atoms. The largest absolute Gasteiger partial charge is 0.458 e. The third-order valence-electron chi connectivity index (χ3n) is 11.0. The highest BCUT2D eigenvalue weighted by Gasteiger charge is 2.33. The fourth-order valence-electron chi connectivity index (χ4n) is 8.52. The Morgan fingerprint density at radius 3 is 2.25 bits per heavy atom. The van der Waals surface area contributed by atoms with E-state index in [1.165, 1.54) is 0 Å². The number of fused-ring (bicyclic) bond motifs is 9. The molecule has 0 aliphatic carbocycles. The fourth-order valence-corrected chi connectivity index (χ4v) is 8.52. The average molecular weight is 766 g/mol. The molecule has 3 aromatic heterocycles. The lowest BCUT2D eigenvalue weighted by molar-refractivity contribution is -0.571. The van der Waals surface area contributed by atoms with Gasteiger partial charge in [0.25, 0.3) is 6.33 Å². The summed E-state index contributed by atoms with van der Waals surface area (Å²) in [5.74, 6) is 4.12. The van der Waals surface area contributed by atoms with Crippen molar-refractivity contribution < 1.29 is 23.0 Å². The second kappa shape index (κ2) is 13.4. The SMILES string of the molecule is [2H]c1c([2H])c([2H])c(-c2cccc(-c3c([2H])c([2H])c([2H])c([2H])c3[2H])c2-[n+]2[c-]n(-c3cccc(Oc4ccc5c6cccc7c6n(c5c4)-c4ncccc4B4C=CC=CN47)c3)c3ccccc32)c([2H])c1[2H]. The van der Waals surface area contributed by atoms with Gasteiger partial charge in [-0.1, -0.05) is 139 Å². The molecule has 7 heteroatoms. The highest BCUT2D eigenvalue weighted by molar-refractivity contribution is 6.83. The quantitative estimate of drug-likeness (QED) is 0.0961. The number of allylic oxidation sites excluding steroid dienone is 2. The Hall–Kier alpha value is -7.90. The monoisotopic (exact) mass is 765 g/mol. The Balaban J connectivity index is 1.03. The molecule has 12 rings (SSSR count). The number of rotatable bonds is 6. The summed E-state index contributed by atoms with van der Waals surface area (Å²) in [7, 11) is 0. The summed E-state index contributed by atoms with van der Waals surface area (Å²) >= 11 is 0. The molecular formula is C52H34BN5O. The van der Waals surface area contributed by atoms with Crippen molar-refractivity contribution in [2.75, 3.05) is 4.81 Å². The second-order valence-electron chi connectivity index (χ2n) is 14.2. The van der Waals surface area contributed by atoms with Gasteiger partial charge in [0.15, 0.2) is 0 Å². The molecule has 0 saturated heterocycles. The van der Waals surface area contributed by atoms with E-state index < -0.39 is 60.4 Å². The van der Waals surface area contributed by atoms with Gasteiger partial charge in [-0.25, -0.2) is 4.98 Å². The molecule has 0 unspecified atom stereocenters. The van der Waals surface area contributed by atoms with Crippen molar-refractivity contribution in [2.24, 2.45) is 0 Å². The van der Waals surface area contributed by atoms with Crippen LogP contribution >= 0.6 is 0 Å². The first-order valence-corrected chi connectivity index (χ1v) is 19.1. The molecule has 0 N–H and O–H groups in total. The summed E-state index contributed by atoms with van der Waals surface area (Å²) in [6.07, 6.45) is 11.5. The molecule has 0 fully saturated rings. The summed E-state index contributed by atoms with van der Waals surface area (Å²) < 4.78 is 99.3. The zero-order chi connectivity index (χ0) is 47.6. The van der Waals surface area contributed by atoms with E-state index in [0.29, 0.717) is 28.2 Å². The van der Waals surface area contributed by atoms with Crippen LogP contribution in [0.15, 0.2) is 206 Å². The molecule has 0 spiro atoms. The number of anilines is 1. The predicted octanol–water partition coefficient (Wildman–Crippen LogP) is 11.0. The van der Waals surface area contributed by atoms with Crippen LogP contribution in [0.4, 0.5) is 5.69 Å². The Kier molecular flexibility index (Phi) is 5.59. The highest BCUT2D eigenvalue weighted by Crippen LogP contribution is 2.42. The van der Waals surface area contributed by atoms with Gasteiger partial charge in [0.2, 0.25) is 0 Å². The van der Waals surface area contributed by atoms with Crippen molar-refractivity contribution in [3.8, 4) is 50.9 Å².